The summed E-state index contributed by atoms with van der Waals surface area (Å²) in [6.45, 7) is 1.97. The standard InChI is InChI=1S/C13H12FN3OS/c1-2-12-16-17-13(19-12)15-11(18)8-5-9-3-6-10(14)7-4-9/h3-8H,2H2,1H3,(H,15,17,18). The van der Waals surface area contributed by atoms with Crippen molar-refractivity contribution < 1.29 is 9.18 Å². The second-order valence-electron chi connectivity index (χ2n) is 3.73. The van der Waals surface area contributed by atoms with Gasteiger partial charge in [-0.1, -0.05) is 30.4 Å². The molecule has 0 aliphatic heterocycles. The van der Waals surface area contributed by atoms with E-state index in [-0.39, 0.29) is 11.7 Å². The SMILES string of the molecule is CCc1nnc(NC(=O)C=Cc2ccc(F)cc2)s1. The predicted octanol–water partition coefficient (Wildman–Crippen LogP) is 2.89. The Balaban J connectivity index is 1.95. The van der Waals surface area contributed by atoms with Crippen molar-refractivity contribution in [2.75, 3.05) is 5.32 Å². The van der Waals surface area contributed by atoms with Crippen molar-refractivity contribution in [3.05, 3.63) is 46.7 Å². The zero-order chi connectivity index (χ0) is 13.7. The number of amides is 1. The predicted molar refractivity (Wildman–Crippen MR) is 73.4 cm³/mol. The first-order valence-electron chi connectivity index (χ1n) is 5.74. The first-order chi connectivity index (χ1) is 9.17. The number of carbonyl (C=O) groups is 1. The van der Waals surface area contributed by atoms with Crippen LogP contribution in [0.25, 0.3) is 6.08 Å². The molecule has 98 valence electrons. The average Bonchev–Trinajstić information content (AvgIpc) is 2.86. The number of hydrogen-bond acceptors (Lipinski definition) is 4. The van der Waals surface area contributed by atoms with E-state index >= 15 is 0 Å². The van der Waals surface area contributed by atoms with Crippen molar-refractivity contribution in [2.45, 2.75) is 13.3 Å². The van der Waals surface area contributed by atoms with E-state index in [1.165, 1.54) is 29.5 Å². The number of nitrogens with one attached hydrogen (secondary N) is 1. The Kier molecular flexibility index (Phi) is 4.35. The fourth-order valence-electron chi connectivity index (χ4n) is 1.34. The van der Waals surface area contributed by atoms with Crippen molar-refractivity contribution >= 4 is 28.5 Å². The molecule has 1 heterocycles. The van der Waals surface area contributed by atoms with E-state index in [2.05, 4.69) is 15.5 Å². The summed E-state index contributed by atoms with van der Waals surface area (Å²) in [7, 11) is 0. The number of anilines is 1. The van der Waals surface area contributed by atoms with Crippen molar-refractivity contribution in [1.29, 1.82) is 0 Å². The molecule has 6 heteroatoms. The molecule has 0 aliphatic carbocycles. The molecule has 1 amide bonds. The van der Waals surface area contributed by atoms with Crippen LogP contribution < -0.4 is 5.32 Å². The third kappa shape index (κ3) is 3.96. The van der Waals surface area contributed by atoms with Gasteiger partial charge in [-0.3, -0.25) is 10.1 Å². The normalized spacial score (nSPS) is 10.8. The topological polar surface area (TPSA) is 54.9 Å². The summed E-state index contributed by atoms with van der Waals surface area (Å²) < 4.78 is 12.7. The highest BCUT2D eigenvalue weighted by atomic mass is 32.1. The van der Waals surface area contributed by atoms with Crippen LogP contribution in [0.5, 0.6) is 0 Å². The molecule has 0 aliphatic rings. The minimum absolute atomic E-state index is 0.289. The summed E-state index contributed by atoms with van der Waals surface area (Å²) in [5.74, 6) is -0.592. The molecule has 0 bridgehead atoms. The first-order valence-corrected chi connectivity index (χ1v) is 6.56. The Hall–Kier alpha value is -2.08. The lowest BCUT2D eigenvalue weighted by atomic mass is 10.2. The molecule has 0 spiro atoms. The zero-order valence-corrected chi connectivity index (χ0v) is 11.1. The maximum absolute atomic E-state index is 12.7. The fourth-order valence-corrected chi connectivity index (χ4v) is 2.02. The summed E-state index contributed by atoms with van der Waals surface area (Å²) in [6.07, 6.45) is 3.77. The van der Waals surface area contributed by atoms with E-state index in [9.17, 15) is 9.18 Å². The molecule has 2 rings (SSSR count). The fraction of sp³-hybridized carbons (Fsp3) is 0.154. The molecule has 4 nitrogen and oxygen atoms in total. The highest BCUT2D eigenvalue weighted by molar-refractivity contribution is 7.15. The van der Waals surface area contributed by atoms with Crippen LogP contribution >= 0.6 is 11.3 Å². The number of hydrogen-bond donors (Lipinski definition) is 1. The number of halogens is 1. The second kappa shape index (κ2) is 6.19. The van der Waals surface area contributed by atoms with Crippen LogP contribution in [0.15, 0.2) is 30.3 Å². The Morgan fingerprint density at radius 1 is 1.37 bits per heavy atom. The van der Waals surface area contributed by atoms with Crippen molar-refractivity contribution in [2.24, 2.45) is 0 Å². The minimum atomic E-state index is -0.303. The van der Waals surface area contributed by atoms with Crippen LogP contribution in [0.1, 0.15) is 17.5 Å². The van der Waals surface area contributed by atoms with E-state index in [0.717, 1.165) is 17.0 Å². The smallest absolute Gasteiger partial charge is 0.250 e. The summed E-state index contributed by atoms with van der Waals surface area (Å²) in [4.78, 5) is 11.6. The average molecular weight is 277 g/mol. The van der Waals surface area contributed by atoms with Gasteiger partial charge in [-0.15, -0.1) is 10.2 Å². The molecule has 0 saturated carbocycles. The van der Waals surface area contributed by atoms with Gasteiger partial charge in [-0.05, 0) is 30.2 Å². The Bertz CT molecular complexity index is 592. The van der Waals surface area contributed by atoms with Gasteiger partial charge in [-0.2, -0.15) is 0 Å². The quantitative estimate of drug-likeness (QED) is 0.874. The van der Waals surface area contributed by atoms with Gasteiger partial charge >= 0.3 is 0 Å². The molecule has 0 atom stereocenters. The molecule has 19 heavy (non-hydrogen) atoms. The molecule has 1 aromatic carbocycles. The van der Waals surface area contributed by atoms with Crippen LogP contribution in [0.4, 0.5) is 9.52 Å². The van der Waals surface area contributed by atoms with Gasteiger partial charge in [0, 0.05) is 6.08 Å². The highest BCUT2D eigenvalue weighted by Crippen LogP contribution is 2.15. The molecule has 1 aromatic heterocycles. The highest BCUT2D eigenvalue weighted by Gasteiger charge is 2.04. The maximum atomic E-state index is 12.7. The number of aryl methyl sites for hydroxylation is 1. The van der Waals surface area contributed by atoms with Gasteiger partial charge in [-0.25, -0.2) is 4.39 Å². The third-order valence-corrected chi connectivity index (χ3v) is 3.28. The molecule has 0 fully saturated rings. The van der Waals surface area contributed by atoms with Crippen LogP contribution in [0.2, 0.25) is 0 Å². The van der Waals surface area contributed by atoms with Gasteiger partial charge in [0.15, 0.2) is 0 Å². The number of rotatable bonds is 4. The second-order valence-corrected chi connectivity index (χ2v) is 4.79. The molecule has 2 aromatic rings. The van der Waals surface area contributed by atoms with Gasteiger partial charge < -0.3 is 0 Å². The van der Waals surface area contributed by atoms with E-state index in [1.807, 2.05) is 6.92 Å². The lowest BCUT2D eigenvalue weighted by Gasteiger charge is -1.95. The molecule has 0 saturated heterocycles. The van der Waals surface area contributed by atoms with Crippen LogP contribution in [-0.2, 0) is 11.2 Å². The first kappa shape index (κ1) is 13.4. The van der Waals surface area contributed by atoms with Crippen LogP contribution in [0, 0.1) is 5.82 Å². The summed E-state index contributed by atoms with van der Waals surface area (Å²) in [5.41, 5.74) is 0.753. The Morgan fingerprint density at radius 2 is 2.11 bits per heavy atom. The van der Waals surface area contributed by atoms with Crippen LogP contribution in [-0.4, -0.2) is 16.1 Å². The zero-order valence-electron chi connectivity index (χ0n) is 10.3. The lowest BCUT2D eigenvalue weighted by molar-refractivity contribution is -0.111. The lowest BCUT2D eigenvalue weighted by Crippen LogP contribution is -2.07. The molecule has 0 unspecified atom stereocenters. The van der Waals surface area contributed by atoms with E-state index < -0.39 is 0 Å². The van der Waals surface area contributed by atoms with E-state index in [1.54, 1.807) is 18.2 Å². The van der Waals surface area contributed by atoms with Crippen molar-refractivity contribution in [3.63, 3.8) is 0 Å². The van der Waals surface area contributed by atoms with E-state index in [0.29, 0.717) is 5.13 Å². The Morgan fingerprint density at radius 3 is 2.74 bits per heavy atom. The van der Waals surface area contributed by atoms with Crippen LogP contribution in [0.3, 0.4) is 0 Å². The number of aromatic nitrogens is 2. The molecular weight excluding hydrogens is 265 g/mol. The van der Waals surface area contributed by atoms with Gasteiger partial charge in [0.05, 0.1) is 0 Å². The summed E-state index contributed by atoms with van der Waals surface area (Å²) in [5, 5.41) is 11.7. The molecular formula is C13H12FN3OS. The Labute approximate surface area is 114 Å². The number of carbonyl (C=O) groups excluding carboxylic acids is 1. The van der Waals surface area contributed by atoms with Gasteiger partial charge in [0.25, 0.3) is 0 Å². The molecule has 1 N–H and O–H groups in total. The van der Waals surface area contributed by atoms with Gasteiger partial charge in [0.1, 0.15) is 10.8 Å². The summed E-state index contributed by atoms with van der Waals surface area (Å²) in [6, 6.07) is 5.88. The minimum Gasteiger partial charge on any atom is -0.297 e. The van der Waals surface area contributed by atoms with Crippen molar-refractivity contribution in [3.8, 4) is 0 Å². The maximum Gasteiger partial charge on any atom is 0.250 e. The third-order valence-electron chi connectivity index (χ3n) is 2.30. The number of benzene rings is 1. The molecule has 0 radical (unpaired) electrons. The number of nitrogens with zero attached hydrogens (tertiary/aromatic N) is 2. The summed E-state index contributed by atoms with van der Waals surface area (Å²) >= 11 is 1.35. The monoisotopic (exact) mass is 277 g/mol. The van der Waals surface area contributed by atoms with E-state index in [4.69, 9.17) is 0 Å². The largest absolute Gasteiger partial charge is 0.297 e. The van der Waals surface area contributed by atoms with Crippen molar-refractivity contribution in [1.82, 2.24) is 10.2 Å². The van der Waals surface area contributed by atoms with Gasteiger partial charge in [0.2, 0.25) is 11.0 Å².